The van der Waals surface area contributed by atoms with Crippen molar-refractivity contribution in [2.75, 3.05) is 6.61 Å². The van der Waals surface area contributed by atoms with Gasteiger partial charge in [-0.15, -0.1) is 0 Å². The van der Waals surface area contributed by atoms with Gasteiger partial charge in [0.15, 0.2) is 0 Å². The third-order valence-corrected chi connectivity index (χ3v) is 6.36. The molecule has 0 unspecified atom stereocenters. The molecule has 1 saturated carbocycles. The average molecular weight is 442 g/mol. The maximum Gasteiger partial charge on any atom is 0.262 e. The van der Waals surface area contributed by atoms with Gasteiger partial charge in [0.05, 0.1) is 6.54 Å². The van der Waals surface area contributed by atoms with Gasteiger partial charge < -0.3 is 14.6 Å². The van der Waals surface area contributed by atoms with Crippen molar-refractivity contribution in [2.24, 2.45) is 0 Å². The van der Waals surface area contributed by atoms with Crippen molar-refractivity contribution in [2.45, 2.75) is 58.5 Å². The lowest BCUT2D eigenvalue weighted by atomic mass is 9.95. The molecule has 0 spiro atoms. The number of nitriles is 1. The highest BCUT2D eigenvalue weighted by Crippen LogP contribution is 2.25. The molecule has 2 aromatic carbocycles. The monoisotopic (exact) mass is 441 g/mol. The summed E-state index contributed by atoms with van der Waals surface area (Å²) >= 11 is 0. The van der Waals surface area contributed by atoms with Crippen LogP contribution in [0.15, 0.2) is 54.2 Å². The number of carbonyl (C=O) groups excluding carboxylic acids is 1. The van der Waals surface area contributed by atoms with Crippen LogP contribution < -0.4 is 10.1 Å². The summed E-state index contributed by atoms with van der Waals surface area (Å²) in [5.41, 5.74) is 4.36. The molecule has 0 bridgehead atoms. The summed E-state index contributed by atoms with van der Waals surface area (Å²) in [5, 5.41) is 13.7. The second-order valence-corrected chi connectivity index (χ2v) is 8.89. The average Bonchev–Trinajstić information content (AvgIpc) is 3.17. The Morgan fingerprint density at radius 3 is 2.76 bits per heavy atom. The summed E-state index contributed by atoms with van der Waals surface area (Å²) < 4.78 is 8.18. The van der Waals surface area contributed by atoms with E-state index in [-0.39, 0.29) is 17.5 Å². The van der Waals surface area contributed by atoms with Crippen LogP contribution in [0.4, 0.5) is 0 Å². The van der Waals surface area contributed by atoms with E-state index >= 15 is 0 Å². The minimum atomic E-state index is -0.278. The molecule has 3 aromatic rings. The van der Waals surface area contributed by atoms with Crippen molar-refractivity contribution in [1.29, 1.82) is 5.26 Å². The maximum absolute atomic E-state index is 12.7. The molecule has 0 atom stereocenters. The molecule has 0 aliphatic heterocycles. The van der Waals surface area contributed by atoms with E-state index in [2.05, 4.69) is 47.1 Å². The molecule has 33 heavy (non-hydrogen) atoms. The van der Waals surface area contributed by atoms with Crippen LogP contribution in [-0.2, 0) is 11.3 Å². The number of ether oxygens (including phenoxy) is 1. The first kappa shape index (κ1) is 22.7. The first-order chi connectivity index (χ1) is 16.0. The second kappa shape index (κ2) is 10.4. The summed E-state index contributed by atoms with van der Waals surface area (Å²) in [6, 6.07) is 16.5. The zero-order valence-corrected chi connectivity index (χ0v) is 19.4. The van der Waals surface area contributed by atoms with Crippen LogP contribution >= 0.6 is 0 Å². The highest BCUT2D eigenvalue weighted by Gasteiger charge is 2.19. The van der Waals surface area contributed by atoms with E-state index in [0.717, 1.165) is 53.5 Å². The molecule has 5 heteroatoms. The molecular formula is C28H31N3O2. The zero-order chi connectivity index (χ0) is 23.2. The molecule has 170 valence electrons. The predicted octanol–water partition coefficient (Wildman–Crippen LogP) is 5.69. The van der Waals surface area contributed by atoms with Gasteiger partial charge in [-0.3, -0.25) is 4.79 Å². The summed E-state index contributed by atoms with van der Waals surface area (Å²) in [6.07, 6.45) is 9.18. The lowest BCUT2D eigenvalue weighted by molar-refractivity contribution is -0.117. The van der Waals surface area contributed by atoms with E-state index in [1.54, 1.807) is 6.08 Å². The Morgan fingerprint density at radius 2 is 1.97 bits per heavy atom. The van der Waals surface area contributed by atoms with Crippen LogP contribution in [0.25, 0.3) is 17.0 Å². The van der Waals surface area contributed by atoms with Crippen LogP contribution in [0.2, 0.25) is 0 Å². The topological polar surface area (TPSA) is 67.0 Å². The van der Waals surface area contributed by atoms with Crippen molar-refractivity contribution in [3.05, 3.63) is 70.9 Å². The predicted molar refractivity (Wildman–Crippen MR) is 132 cm³/mol. The van der Waals surface area contributed by atoms with E-state index in [9.17, 15) is 10.1 Å². The Labute approximate surface area is 195 Å². The molecule has 1 heterocycles. The number of hydrogen-bond donors (Lipinski definition) is 1. The molecule has 1 amide bonds. The molecular weight excluding hydrogens is 410 g/mol. The Hall–Kier alpha value is -3.52. The van der Waals surface area contributed by atoms with Crippen molar-refractivity contribution in [3.8, 4) is 11.8 Å². The minimum absolute atomic E-state index is 0.148. The van der Waals surface area contributed by atoms with E-state index in [1.165, 1.54) is 12.0 Å². The number of hydrogen-bond acceptors (Lipinski definition) is 3. The Kier molecular flexibility index (Phi) is 7.14. The van der Waals surface area contributed by atoms with Gasteiger partial charge in [-0.05, 0) is 56.0 Å². The molecule has 0 radical (unpaired) electrons. The fraction of sp³-hybridized carbons (Fsp3) is 0.357. The lowest BCUT2D eigenvalue weighted by Crippen LogP contribution is -2.36. The number of amides is 1. The quantitative estimate of drug-likeness (QED) is 0.378. The van der Waals surface area contributed by atoms with Gasteiger partial charge in [0.2, 0.25) is 0 Å². The zero-order valence-electron chi connectivity index (χ0n) is 19.4. The van der Waals surface area contributed by atoms with Crippen molar-refractivity contribution < 1.29 is 9.53 Å². The van der Waals surface area contributed by atoms with E-state index in [1.807, 2.05) is 31.3 Å². The summed E-state index contributed by atoms with van der Waals surface area (Å²) in [4.78, 5) is 12.7. The highest BCUT2D eigenvalue weighted by atomic mass is 16.5. The third kappa shape index (κ3) is 5.46. The first-order valence-electron chi connectivity index (χ1n) is 11.8. The van der Waals surface area contributed by atoms with Crippen molar-refractivity contribution in [3.63, 3.8) is 0 Å². The molecule has 4 rings (SSSR count). The van der Waals surface area contributed by atoms with Gasteiger partial charge in [-0.25, -0.2) is 0 Å². The van der Waals surface area contributed by atoms with Gasteiger partial charge in [-0.2, -0.15) is 5.26 Å². The Bertz CT molecular complexity index is 1210. The second-order valence-electron chi connectivity index (χ2n) is 8.89. The smallest absolute Gasteiger partial charge is 0.262 e. The number of aryl methyl sites for hydroxylation is 2. The number of aromatic nitrogens is 1. The van der Waals surface area contributed by atoms with Gasteiger partial charge in [0.25, 0.3) is 5.91 Å². The number of para-hydroxylation sites is 1. The number of carbonyl (C=O) groups is 1. The van der Waals surface area contributed by atoms with Crippen molar-refractivity contribution in [1.82, 2.24) is 9.88 Å². The number of benzene rings is 2. The van der Waals surface area contributed by atoms with Crippen molar-refractivity contribution >= 4 is 22.9 Å². The molecule has 0 saturated heterocycles. The first-order valence-corrected chi connectivity index (χ1v) is 11.8. The maximum atomic E-state index is 12.7. The summed E-state index contributed by atoms with van der Waals surface area (Å²) in [6.45, 7) is 5.30. The van der Waals surface area contributed by atoms with Gasteiger partial charge in [-0.1, -0.05) is 49.6 Å². The number of nitrogens with one attached hydrogen (secondary N) is 1. The summed E-state index contributed by atoms with van der Waals surface area (Å²) in [7, 11) is 0. The van der Waals surface area contributed by atoms with Crippen LogP contribution in [0.3, 0.4) is 0 Å². The molecule has 1 aliphatic carbocycles. The van der Waals surface area contributed by atoms with Crippen LogP contribution in [0.5, 0.6) is 5.75 Å². The fourth-order valence-electron chi connectivity index (χ4n) is 4.51. The number of nitrogens with zero attached hydrogens (tertiary/aromatic N) is 2. The van der Waals surface area contributed by atoms with E-state index in [0.29, 0.717) is 13.2 Å². The lowest BCUT2D eigenvalue weighted by Gasteiger charge is -2.22. The third-order valence-electron chi connectivity index (χ3n) is 6.36. The van der Waals surface area contributed by atoms with Gasteiger partial charge in [0.1, 0.15) is 24.0 Å². The molecule has 1 N–H and O–H groups in total. The fourth-order valence-corrected chi connectivity index (χ4v) is 4.51. The van der Waals surface area contributed by atoms with Crippen LogP contribution in [-0.4, -0.2) is 23.1 Å². The molecule has 5 nitrogen and oxygen atoms in total. The standard InChI is InChI=1S/C28H31N3O2/c1-20-12-13-21(2)27(16-20)33-15-14-31-19-23(25-10-6-7-11-26(25)31)17-22(18-29)28(32)30-24-8-4-3-5-9-24/h6-7,10-13,16-17,19,24H,3-5,8-9,14-15H2,1-2H3,(H,30,32). The Morgan fingerprint density at radius 1 is 1.18 bits per heavy atom. The van der Waals surface area contributed by atoms with E-state index in [4.69, 9.17) is 4.74 Å². The van der Waals surface area contributed by atoms with Gasteiger partial charge >= 0.3 is 0 Å². The molecule has 1 aromatic heterocycles. The van der Waals surface area contributed by atoms with Crippen LogP contribution in [0.1, 0.15) is 48.8 Å². The minimum Gasteiger partial charge on any atom is -0.491 e. The normalized spacial score (nSPS) is 14.8. The highest BCUT2D eigenvalue weighted by molar-refractivity contribution is 6.04. The molecule has 1 fully saturated rings. The number of rotatable bonds is 7. The van der Waals surface area contributed by atoms with E-state index < -0.39 is 0 Å². The largest absolute Gasteiger partial charge is 0.491 e. The van der Waals surface area contributed by atoms with Gasteiger partial charge in [0, 0.05) is 28.7 Å². The Balaban J connectivity index is 1.52. The van der Waals surface area contributed by atoms with Crippen LogP contribution in [0, 0.1) is 25.2 Å². The number of fused-ring (bicyclic) bond motifs is 1. The molecule has 1 aliphatic rings. The SMILES string of the molecule is Cc1ccc(C)c(OCCn2cc(C=C(C#N)C(=O)NC3CCCCC3)c3ccccc32)c1. The summed E-state index contributed by atoms with van der Waals surface area (Å²) in [5.74, 6) is 0.622.